The normalized spacial score (nSPS) is 24.8. The maximum atomic E-state index is 3.76. The van der Waals surface area contributed by atoms with Crippen LogP contribution in [-0.2, 0) is 0 Å². The smallest absolute Gasteiger partial charge is 0.0294 e. The SMILES string of the molecule is CC(NC1CCC(C)(C)C1)c1cccc(Br)c1. The highest BCUT2D eigenvalue weighted by molar-refractivity contribution is 9.10. The van der Waals surface area contributed by atoms with E-state index >= 15 is 0 Å². The average molecular weight is 296 g/mol. The van der Waals surface area contributed by atoms with E-state index in [9.17, 15) is 0 Å². The van der Waals surface area contributed by atoms with Gasteiger partial charge in [-0.2, -0.15) is 0 Å². The molecule has 2 heteroatoms. The van der Waals surface area contributed by atoms with Crippen molar-refractivity contribution in [3.05, 3.63) is 34.3 Å². The van der Waals surface area contributed by atoms with Crippen LogP contribution in [0.4, 0.5) is 0 Å². The molecule has 2 unspecified atom stereocenters. The van der Waals surface area contributed by atoms with Gasteiger partial charge in [-0.1, -0.05) is 41.9 Å². The van der Waals surface area contributed by atoms with Crippen LogP contribution >= 0.6 is 15.9 Å². The molecule has 2 rings (SSSR count). The molecule has 17 heavy (non-hydrogen) atoms. The molecule has 0 radical (unpaired) electrons. The Labute approximate surface area is 113 Å². The van der Waals surface area contributed by atoms with Gasteiger partial charge in [0.15, 0.2) is 0 Å². The standard InChI is InChI=1S/C15H22BrN/c1-11(12-5-4-6-13(16)9-12)17-14-7-8-15(2,3)10-14/h4-6,9,11,14,17H,7-8,10H2,1-3H3. The molecular weight excluding hydrogens is 274 g/mol. The monoisotopic (exact) mass is 295 g/mol. The second-order valence-electron chi connectivity index (χ2n) is 6.05. The Balaban J connectivity index is 1.96. The van der Waals surface area contributed by atoms with E-state index in [1.54, 1.807) is 0 Å². The van der Waals surface area contributed by atoms with Gasteiger partial charge in [0.05, 0.1) is 0 Å². The summed E-state index contributed by atoms with van der Waals surface area (Å²) in [6.07, 6.45) is 3.95. The van der Waals surface area contributed by atoms with Crippen LogP contribution in [0.5, 0.6) is 0 Å². The van der Waals surface area contributed by atoms with Crippen LogP contribution in [0, 0.1) is 5.41 Å². The van der Waals surface area contributed by atoms with Crippen molar-refractivity contribution in [2.24, 2.45) is 5.41 Å². The van der Waals surface area contributed by atoms with E-state index in [0.29, 0.717) is 17.5 Å². The summed E-state index contributed by atoms with van der Waals surface area (Å²) in [5.74, 6) is 0. The molecular formula is C15H22BrN. The van der Waals surface area contributed by atoms with Crippen molar-refractivity contribution >= 4 is 15.9 Å². The Bertz CT molecular complexity index is 386. The molecule has 0 aromatic heterocycles. The first-order chi connectivity index (χ1) is 7.96. The molecule has 1 aliphatic rings. The molecule has 0 amide bonds. The van der Waals surface area contributed by atoms with Crippen molar-refractivity contribution in [3.8, 4) is 0 Å². The number of benzene rings is 1. The highest BCUT2D eigenvalue weighted by atomic mass is 79.9. The van der Waals surface area contributed by atoms with Crippen molar-refractivity contribution in [3.63, 3.8) is 0 Å². The largest absolute Gasteiger partial charge is 0.307 e. The molecule has 1 fully saturated rings. The van der Waals surface area contributed by atoms with Gasteiger partial charge in [0.2, 0.25) is 0 Å². The van der Waals surface area contributed by atoms with Crippen LogP contribution in [0.3, 0.4) is 0 Å². The first-order valence-electron chi connectivity index (χ1n) is 6.48. The van der Waals surface area contributed by atoms with Gasteiger partial charge >= 0.3 is 0 Å². The molecule has 2 atom stereocenters. The summed E-state index contributed by atoms with van der Waals surface area (Å²) in [6, 6.07) is 9.70. The van der Waals surface area contributed by atoms with E-state index in [1.807, 2.05) is 0 Å². The van der Waals surface area contributed by atoms with Crippen LogP contribution in [0.25, 0.3) is 0 Å². The Morgan fingerprint density at radius 2 is 2.18 bits per heavy atom. The van der Waals surface area contributed by atoms with Crippen LogP contribution in [-0.4, -0.2) is 6.04 Å². The molecule has 1 N–H and O–H groups in total. The Hall–Kier alpha value is -0.340. The lowest BCUT2D eigenvalue weighted by molar-refractivity contribution is 0.356. The number of nitrogens with one attached hydrogen (secondary N) is 1. The first kappa shape index (κ1) is 13.1. The Kier molecular flexibility index (Phi) is 3.94. The molecule has 1 aromatic rings. The maximum absolute atomic E-state index is 3.76. The predicted octanol–water partition coefficient (Wildman–Crippen LogP) is 4.68. The van der Waals surface area contributed by atoms with E-state index in [2.05, 4.69) is 66.3 Å². The van der Waals surface area contributed by atoms with Crippen molar-refractivity contribution < 1.29 is 0 Å². The van der Waals surface area contributed by atoms with Crippen molar-refractivity contribution in [1.82, 2.24) is 5.32 Å². The molecule has 0 spiro atoms. The first-order valence-corrected chi connectivity index (χ1v) is 7.27. The quantitative estimate of drug-likeness (QED) is 0.854. The summed E-state index contributed by atoms with van der Waals surface area (Å²) < 4.78 is 1.16. The van der Waals surface area contributed by atoms with E-state index in [4.69, 9.17) is 0 Å². The molecule has 0 heterocycles. The van der Waals surface area contributed by atoms with Gasteiger partial charge in [-0.15, -0.1) is 0 Å². The van der Waals surface area contributed by atoms with Crippen LogP contribution < -0.4 is 5.32 Å². The second kappa shape index (κ2) is 5.11. The van der Waals surface area contributed by atoms with E-state index in [0.717, 1.165) is 4.47 Å². The third kappa shape index (κ3) is 3.56. The second-order valence-corrected chi connectivity index (χ2v) is 6.96. The van der Waals surface area contributed by atoms with Crippen LogP contribution in [0.15, 0.2) is 28.7 Å². The third-order valence-corrected chi connectivity index (χ3v) is 4.30. The molecule has 1 aliphatic carbocycles. The van der Waals surface area contributed by atoms with Gasteiger partial charge < -0.3 is 5.32 Å². The van der Waals surface area contributed by atoms with Crippen LogP contribution in [0.1, 0.15) is 51.6 Å². The van der Waals surface area contributed by atoms with Gasteiger partial charge in [0.25, 0.3) is 0 Å². The highest BCUT2D eigenvalue weighted by Gasteiger charge is 2.31. The summed E-state index contributed by atoms with van der Waals surface area (Å²) in [7, 11) is 0. The maximum Gasteiger partial charge on any atom is 0.0294 e. The Morgan fingerprint density at radius 3 is 2.76 bits per heavy atom. The van der Waals surface area contributed by atoms with Gasteiger partial charge in [0, 0.05) is 16.6 Å². The van der Waals surface area contributed by atoms with Crippen molar-refractivity contribution in [2.45, 2.75) is 52.1 Å². The molecule has 0 bridgehead atoms. The summed E-state index contributed by atoms with van der Waals surface area (Å²) in [5, 5.41) is 3.76. The molecule has 0 aliphatic heterocycles. The fourth-order valence-electron chi connectivity index (χ4n) is 2.80. The fraction of sp³-hybridized carbons (Fsp3) is 0.600. The van der Waals surface area contributed by atoms with Crippen LogP contribution in [0.2, 0.25) is 0 Å². The zero-order chi connectivity index (χ0) is 12.5. The zero-order valence-electron chi connectivity index (χ0n) is 11.0. The van der Waals surface area contributed by atoms with E-state index in [-0.39, 0.29) is 0 Å². The Morgan fingerprint density at radius 1 is 1.41 bits per heavy atom. The van der Waals surface area contributed by atoms with E-state index < -0.39 is 0 Å². The lowest BCUT2D eigenvalue weighted by atomic mass is 9.91. The predicted molar refractivity (Wildman–Crippen MR) is 77.1 cm³/mol. The highest BCUT2D eigenvalue weighted by Crippen LogP contribution is 2.37. The minimum atomic E-state index is 0.436. The summed E-state index contributed by atoms with van der Waals surface area (Å²) >= 11 is 3.53. The summed E-state index contributed by atoms with van der Waals surface area (Å²) in [6.45, 7) is 7.00. The molecule has 94 valence electrons. The molecule has 0 saturated heterocycles. The number of rotatable bonds is 3. The number of hydrogen-bond acceptors (Lipinski definition) is 1. The van der Waals surface area contributed by atoms with Crippen molar-refractivity contribution in [2.75, 3.05) is 0 Å². The number of halogens is 1. The lowest BCUT2D eigenvalue weighted by Crippen LogP contribution is -2.30. The topological polar surface area (TPSA) is 12.0 Å². The summed E-state index contributed by atoms with van der Waals surface area (Å²) in [4.78, 5) is 0. The minimum Gasteiger partial charge on any atom is -0.307 e. The fourth-order valence-corrected chi connectivity index (χ4v) is 3.22. The molecule has 1 nitrogen and oxygen atoms in total. The lowest BCUT2D eigenvalue weighted by Gasteiger charge is -2.22. The van der Waals surface area contributed by atoms with Gasteiger partial charge in [0.1, 0.15) is 0 Å². The minimum absolute atomic E-state index is 0.436. The molecule has 1 aromatic carbocycles. The van der Waals surface area contributed by atoms with Crippen molar-refractivity contribution in [1.29, 1.82) is 0 Å². The van der Waals surface area contributed by atoms with Gasteiger partial charge in [-0.3, -0.25) is 0 Å². The third-order valence-electron chi connectivity index (χ3n) is 3.80. The zero-order valence-corrected chi connectivity index (χ0v) is 12.5. The van der Waals surface area contributed by atoms with Gasteiger partial charge in [-0.25, -0.2) is 0 Å². The average Bonchev–Trinajstić information content (AvgIpc) is 2.58. The molecule has 1 saturated carbocycles. The number of hydrogen-bond donors (Lipinski definition) is 1. The van der Waals surface area contributed by atoms with E-state index in [1.165, 1.54) is 24.8 Å². The van der Waals surface area contributed by atoms with Gasteiger partial charge in [-0.05, 0) is 49.3 Å². The summed E-state index contributed by atoms with van der Waals surface area (Å²) in [5.41, 5.74) is 1.89.